The Hall–Kier alpha value is -2.38. The lowest BCUT2D eigenvalue weighted by atomic mass is 10.2. The minimum Gasteiger partial charge on any atom is -0.492 e. The first-order valence-electron chi connectivity index (χ1n) is 9.95. The first-order valence-corrected chi connectivity index (χ1v) is 10.7. The molecule has 1 aliphatic rings. The minimum atomic E-state index is -0.500. The zero-order chi connectivity index (χ0) is 21.5. The third kappa shape index (κ3) is 6.31. The zero-order valence-corrected chi connectivity index (χ0v) is 18.6. The van der Waals surface area contributed by atoms with Crippen LogP contribution in [-0.4, -0.2) is 37.9 Å². The van der Waals surface area contributed by atoms with Crippen molar-refractivity contribution in [1.82, 2.24) is 0 Å². The smallest absolute Gasteiger partial charge is 0.343 e. The van der Waals surface area contributed by atoms with Crippen molar-refractivity contribution in [3.8, 4) is 11.5 Å². The molecule has 2 aromatic carbocycles. The van der Waals surface area contributed by atoms with Crippen LogP contribution in [0.3, 0.4) is 0 Å². The summed E-state index contributed by atoms with van der Waals surface area (Å²) in [5.41, 5.74) is 0.779. The van der Waals surface area contributed by atoms with Gasteiger partial charge in [0.2, 0.25) is 0 Å². The number of esters is 2. The first kappa shape index (κ1) is 22.3. The minimum absolute atomic E-state index is 0.0179. The van der Waals surface area contributed by atoms with Gasteiger partial charge in [0.15, 0.2) is 0 Å². The van der Waals surface area contributed by atoms with Gasteiger partial charge in [-0.3, -0.25) is 0 Å². The Bertz CT molecular complexity index is 872. The van der Waals surface area contributed by atoms with Gasteiger partial charge < -0.3 is 18.9 Å². The lowest BCUT2D eigenvalue weighted by molar-refractivity contribution is 0.0161. The molecule has 0 radical (unpaired) electrons. The third-order valence-corrected chi connectivity index (χ3v) is 5.08. The molecule has 1 saturated heterocycles. The number of carbonyl (C=O) groups excluding carboxylic acids is 2. The van der Waals surface area contributed by atoms with Crippen molar-refractivity contribution in [3.63, 3.8) is 0 Å². The molecule has 0 bridgehead atoms. The van der Waals surface area contributed by atoms with E-state index in [9.17, 15) is 9.59 Å². The SMILES string of the molecule is CC(C)COc1ccc(C(=O)Oc2ccc(C(=O)OCC3CCCO3)cc2)cc1Br. The van der Waals surface area contributed by atoms with Crippen LogP contribution >= 0.6 is 15.9 Å². The fourth-order valence-electron chi connectivity index (χ4n) is 2.85. The first-order chi connectivity index (χ1) is 14.4. The molecule has 0 aliphatic carbocycles. The van der Waals surface area contributed by atoms with Gasteiger partial charge in [-0.25, -0.2) is 9.59 Å². The van der Waals surface area contributed by atoms with E-state index in [1.165, 1.54) is 0 Å². The van der Waals surface area contributed by atoms with E-state index < -0.39 is 11.9 Å². The number of ether oxygens (including phenoxy) is 4. The summed E-state index contributed by atoms with van der Waals surface area (Å²) in [5.74, 6) is 0.486. The van der Waals surface area contributed by atoms with Crippen LogP contribution < -0.4 is 9.47 Å². The van der Waals surface area contributed by atoms with Gasteiger partial charge >= 0.3 is 11.9 Å². The Balaban J connectivity index is 1.54. The van der Waals surface area contributed by atoms with Gasteiger partial charge in [-0.05, 0) is 77.2 Å². The number of hydrogen-bond acceptors (Lipinski definition) is 6. The van der Waals surface area contributed by atoms with Crippen molar-refractivity contribution < 1.29 is 28.5 Å². The fraction of sp³-hybridized carbons (Fsp3) is 0.391. The van der Waals surface area contributed by atoms with Crippen LogP contribution in [-0.2, 0) is 9.47 Å². The average Bonchev–Trinajstić information content (AvgIpc) is 3.25. The highest BCUT2D eigenvalue weighted by atomic mass is 79.9. The van der Waals surface area contributed by atoms with Crippen LogP contribution in [0, 0.1) is 5.92 Å². The number of carbonyl (C=O) groups is 2. The number of benzene rings is 2. The second-order valence-electron chi connectivity index (χ2n) is 7.50. The van der Waals surface area contributed by atoms with E-state index in [0.29, 0.717) is 46.2 Å². The predicted octanol–water partition coefficient (Wildman–Crippen LogP) is 5.04. The van der Waals surface area contributed by atoms with Crippen molar-refractivity contribution >= 4 is 27.9 Å². The van der Waals surface area contributed by atoms with Crippen LogP contribution in [0.1, 0.15) is 47.4 Å². The van der Waals surface area contributed by atoms with E-state index >= 15 is 0 Å². The standard InChI is InChI=1S/C23H25BrO6/c1-15(2)13-28-21-10-7-17(12-20(21)24)23(26)30-18-8-5-16(6-9-18)22(25)29-14-19-4-3-11-27-19/h5-10,12,15,19H,3-4,11,13-14H2,1-2H3. The lowest BCUT2D eigenvalue weighted by Crippen LogP contribution is -2.17. The molecule has 1 atom stereocenters. The molecule has 1 aliphatic heterocycles. The van der Waals surface area contributed by atoms with Crippen molar-refractivity contribution in [2.75, 3.05) is 19.8 Å². The van der Waals surface area contributed by atoms with Crippen LogP contribution in [0.2, 0.25) is 0 Å². The highest BCUT2D eigenvalue weighted by molar-refractivity contribution is 9.10. The Morgan fingerprint density at radius 3 is 2.47 bits per heavy atom. The summed E-state index contributed by atoms with van der Waals surface area (Å²) < 4.78 is 22.5. The molecule has 3 rings (SSSR count). The molecule has 1 fully saturated rings. The van der Waals surface area contributed by atoms with Crippen LogP contribution in [0.4, 0.5) is 0 Å². The summed E-state index contributed by atoms with van der Waals surface area (Å²) in [6.45, 7) is 5.68. The summed E-state index contributed by atoms with van der Waals surface area (Å²) >= 11 is 3.42. The average molecular weight is 477 g/mol. The monoisotopic (exact) mass is 476 g/mol. The molecule has 2 aromatic rings. The summed E-state index contributed by atoms with van der Waals surface area (Å²) in [6, 6.07) is 11.3. The van der Waals surface area contributed by atoms with Gasteiger partial charge in [0.1, 0.15) is 18.1 Å². The normalized spacial score (nSPS) is 15.8. The van der Waals surface area contributed by atoms with Crippen molar-refractivity contribution in [1.29, 1.82) is 0 Å². The molecule has 1 heterocycles. The molecule has 0 aromatic heterocycles. The van der Waals surface area contributed by atoms with Gasteiger partial charge in [0.25, 0.3) is 0 Å². The molecule has 0 amide bonds. The van der Waals surface area contributed by atoms with Crippen LogP contribution in [0.25, 0.3) is 0 Å². The van der Waals surface area contributed by atoms with E-state index in [2.05, 4.69) is 29.8 Å². The van der Waals surface area contributed by atoms with Gasteiger partial charge in [0, 0.05) is 6.61 Å². The fourth-order valence-corrected chi connectivity index (χ4v) is 3.35. The van der Waals surface area contributed by atoms with Crippen molar-refractivity contribution in [2.24, 2.45) is 5.92 Å². The van der Waals surface area contributed by atoms with Crippen LogP contribution in [0.15, 0.2) is 46.9 Å². The Kier molecular flexibility index (Phi) is 7.87. The molecule has 30 heavy (non-hydrogen) atoms. The lowest BCUT2D eigenvalue weighted by Gasteiger charge is -2.12. The Labute approximate surface area is 184 Å². The van der Waals surface area contributed by atoms with Gasteiger partial charge in [-0.1, -0.05) is 13.8 Å². The van der Waals surface area contributed by atoms with E-state index in [4.69, 9.17) is 18.9 Å². The number of hydrogen-bond donors (Lipinski definition) is 0. The van der Waals surface area contributed by atoms with E-state index in [-0.39, 0.29) is 12.7 Å². The second-order valence-corrected chi connectivity index (χ2v) is 8.35. The quantitative estimate of drug-likeness (QED) is 0.392. The number of halogens is 1. The molecule has 1 unspecified atom stereocenters. The summed E-state index contributed by atoms with van der Waals surface area (Å²) in [7, 11) is 0. The van der Waals surface area contributed by atoms with Gasteiger partial charge in [-0.15, -0.1) is 0 Å². The molecule has 6 nitrogen and oxygen atoms in total. The molecule has 160 valence electrons. The van der Waals surface area contributed by atoms with Crippen molar-refractivity contribution in [3.05, 3.63) is 58.1 Å². The molecule has 0 spiro atoms. The second kappa shape index (κ2) is 10.6. The summed E-state index contributed by atoms with van der Waals surface area (Å²) in [5, 5.41) is 0. The predicted molar refractivity (Wildman–Crippen MR) is 115 cm³/mol. The van der Waals surface area contributed by atoms with E-state index in [0.717, 1.165) is 12.8 Å². The Morgan fingerprint density at radius 2 is 1.83 bits per heavy atom. The summed E-state index contributed by atoms with van der Waals surface area (Å²) in [6.07, 6.45) is 1.88. The van der Waals surface area contributed by atoms with E-state index in [1.54, 1.807) is 42.5 Å². The molecular weight excluding hydrogens is 452 g/mol. The molecule has 0 saturated carbocycles. The summed E-state index contributed by atoms with van der Waals surface area (Å²) in [4.78, 5) is 24.5. The number of rotatable bonds is 8. The van der Waals surface area contributed by atoms with Gasteiger partial charge in [0.05, 0.1) is 28.3 Å². The Morgan fingerprint density at radius 1 is 1.10 bits per heavy atom. The van der Waals surface area contributed by atoms with Crippen LogP contribution in [0.5, 0.6) is 11.5 Å². The maximum Gasteiger partial charge on any atom is 0.343 e. The van der Waals surface area contributed by atoms with Crippen molar-refractivity contribution in [2.45, 2.75) is 32.8 Å². The highest BCUT2D eigenvalue weighted by Crippen LogP contribution is 2.27. The zero-order valence-electron chi connectivity index (χ0n) is 17.1. The topological polar surface area (TPSA) is 71.1 Å². The third-order valence-electron chi connectivity index (χ3n) is 4.46. The van der Waals surface area contributed by atoms with Gasteiger partial charge in [-0.2, -0.15) is 0 Å². The maximum absolute atomic E-state index is 12.4. The molecule has 7 heteroatoms. The largest absolute Gasteiger partial charge is 0.492 e. The molecule has 0 N–H and O–H groups in total. The van der Waals surface area contributed by atoms with E-state index in [1.807, 2.05) is 0 Å². The molecular formula is C23H25BrO6. The maximum atomic E-state index is 12.4. The highest BCUT2D eigenvalue weighted by Gasteiger charge is 2.18.